The van der Waals surface area contributed by atoms with E-state index in [1.54, 1.807) is 0 Å². The minimum absolute atomic E-state index is 0.358. The number of nitrogens with one attached hydrogen (secondary N) is 1. The van der Waals surface area contributed by atoms with E-state index in [-0.39, 0.29) is 0 Å². The molecule has 0 radical (unpaired) electrons. The standard InChI is InChI=1S/C14H19N3/c1-3-17-14(9-10-16-17)11-15-12(2)13-7-5-4-6-8-13/h4-10,12,15H,3,11H2,1-2H3/t12-/m0/s1. The van der Waals surface area contributed by atoms with Gasteiger partial charge in [-0.15, -0.1) is 0 Å². The Kier molecular flexibility index (Phi) is 3.94. The third-order valence-electron chi connectivity index (χ3n) is 2.99. The van der Waals surface area contributed by atoms with Crippen molar-refractivity contribution in [3.63, 3.8) is 0 Å². The van der Waals surface area contributed by atoms with E-state index in [0.29, 0.717) is 6.04 Å². The molecule has 3 heteroatoms. The molecule has 0 aliphatic rings. The fraction of sp³-hybridized carbons (Fsp3) is 0.357. The number of benzene rings is 1. The lowest BCUT2D eigenvalue weighted by molar-refractivity contribution is 0.531. The second-order valence-electron chi connectivity index (χ2n) is 4.15. The lowest BCUT2D eigenvalue weighted by Crippen LogP contribution is -2.20. The molecular formula is C14H19N3. The number of aryl methyl sites for hydroxylation is 1. The zero-order chi connectivity index (χ0) is 12.1. The SMILES string of the molecule is CCn1nccc1CN[C@@H](C)c1ccccc1. The van der Waals surface area contributed by atoms with Crippen molar-refractivity contribution in [2.45, 2.75) is 33.0 Å². The number of hydrogen-bond acceptors (Lipinski definition) is 2. The Morgan fingerprint density at radius 1 is 1.24 bits per heavy atom. The first-order valence-corrected chi connectivity index (χ1v) is 6.10. The van der Waals surface area contributed by atoms with E-state index in [9.17, 15) is 0 Å². The minimum Gasteiger partial charge on any atom is -0.305 e. The van der Waals surface area contributed by atoms with Gasteiger partial charge < -0.3 is 5.32 Å². The molecule has 2 rings (SSSR count). The molecule has 0 saturated heterocycles. The molecule has 0 fully saturated rings. The minimum atomic E-state index is 0.358. The summed E-state index contributed by atoms with van der Waals surface area (Å²) in [5.74, 6) is 0. The van der Waals surface area contributed by atoms with E-state index in [1.807, 2.05) is 16.9 Å². The summed E-state index contributed by atoms with van der Waals surface area (Å²) in [7, 11) is 0. The summed E-state index contributed by atoms with van der Waals surface area (Å²) in [6.07, 6.45) is 1.85. The summed E-state index contributed by atoms with van der Waals surface area (Å²) in [5.41, 5.74) is 2.55. The molecule has 3 nitrogen and oxygen atoms in total. The normalized spacial score (nSPS) is 12.6. The average Bonchev–Trinajstić information content (AvgIpc) is 2.84. The summed E-state index contributed by atoms with van der Waals surface area (Å²) >= 11 is 0. The Bertz CT molecular complexity index is 448. The van der Waals surface area contributed by atoms with Crippen molar-refractivity contribution >= 4 is 0 Å². The summed E-state index contributed by atoms with van der Waals surface area (Å²) in [4.78, 5) is 0. The first-order chi connectivity index (χ1) is 8.31. The Morgan fingerprint density at radius 3 is 2.71 bits per heavy atom. The zero-order valence-electron chi connectivity index (χ0n) is 10.4. The van der Waals surface area contributed by atoms with Gasteiger partial charge in [-0.25, -0.2) is 0 Å². The molecule has 1 N–H and O–H groups in total. The predicted octanol–water partition coefficient (Wildman–Crippen LogP) is 2.75. The van der Waals surface area contributed by atoms with E-state index in [4.69, 9.17) is 0 Å². The van der Waals surface area contributed by atoms with Crippen LogP contribution in [0.5, 0.6) is 0 Å². The Morgan fingerprint density at radius 2 is 2.00 bits per heavy atom. The Hall–Kier alpha value is -1.61. The van der Waals surface area contributed by atoms with Gasteiger partial charge in [-0.05, 0) is 25.5 Å². The van der Waals surface area contributed by atoms with Crippen LogP contribution in [0, 0.1) is 0 Å². The van der Waals surface area contributed by atoms with Gasteiger partial charge >= 0.3 is 0 Å². The summed E-state index contributed by atoms with van der Waals surface area (Å²) in [5, 5.41) is 7.78. The molecule has 17 heavy (non-hydrogen) atoms. The molecule has 0 bridgehead atoms. The van der Waals surface area contributed by atoms with Crippen molar-refractivity contribution in [1.82, 2.24) is 15.1 Å². The van der Waals surface area contributed by atoms with Crippen LogP contribution in [0.25, 0.3) is 0 Å². The highest BCUT2D eigenvalue weighted by atomic mass is 15.3. The van der Waals surface area contributed by atoms with Gasteiger partial charge in [0.15, 0.2) is 0 Å². The quantitative estimate of drug-likeness (QED) is 0.854. The first-order valence-electron chi connectivity index (χ1n) is 6.10. The van der Waals surface area contributed by atoms with E-state index < -0.39 is 0 Å². The molecule has 0 saturated carbocycles. The molecule has 0 aliphatic carbocycles. The van der Waals surface area contributed by atoms with Crippen LogP contribution in [0.1, 0.15) is 31.1 Å². The van der Waals surface area contributed by atoms with Gasteiger partial charge in [0.05, 0.1) is 5.69 Å². The van der Waals surface area contributed by atoms with E-state index >= 15 is 0 Å². The lowest BCUT2D eigenvalue weighted by atomic mass is 10.1. The summed E-state index contributed by atoms with van der Waals surface area (Å²) < 4.78 is 2.02. The van der Waals surface area contributed by atoms with E-state index in [1.165, 1.54) is 11.3 Å². The highest BCUT2D eigenvalue weighted by Crippen LogP contribution is 2.12. The topological polar surface area (TPSA) is 29.9 Å². The molecule has 2 aromatic rings. The number of nitrogens with zero attached hydrogens (tertiary/aromatic N) is 2. The second-order valence-corrected chi connectivity index (χ2v) is 4.15. The molecule has 1 heterocycles. The molecule has 90 valence electrons. The van der Waals surface area contributed by atoms with Gasteiger partial charge in [0, 0.05) is 25.3 Å². The molecule has 0 amide bonds. The number of aromatic nitrogens is 2. The van der Waals surface area contributed by atoms with Gasteiger partial charge in [0.25, 0.3) is 0 Å². The zero-order valence-corrected chi connectivity index (χ0v) is 10.4. The van der Waals surface area contributed by atoms with Crippen LogP contribution in [-0.2, 0) is 13.1 Å². The van der Waals surface area contributed by atoms with Crippen molar-refractivity contribution in [1.29, 1.82) is 0 Å². The highest BCUT2D eigenvalue weighted by molar-refractivity contribution is 5.18. The smallest absolute Gasteiger partial charge is 0.0522 e. The molecule has 1 aromatic carbocycles. The van der Waals surface area contributed by atoms with Gasteiger partial charge in [0.2, 0.25) is 0 Å². The van der Waals surface area contributed by atoms with Gasteiger partial charge in [-0.2, -0.15) is 5.10 Å². The molecule has 1 aromatic heterocycles. The summed E-state index contributed by atoms with van der Waals surface area (Å²) in [6.45, 7) is 6.06. The second kappa shape index (κ2) is 5.64. The Balaban J connectivity index is 1.95. The van der Waals surface area contributed by atoms with Crippen LogP contribution in [0.2, 0.25) is 0 Å². The predicted molar refractivity (Wildman–Crippen MR) is 69.6 cm³/mol. The fourth-order valence-corrected chi connectivity index (χ4v) is 1.91. The highest BCUT2D eigenvalue weighted by Gasteiger charge is 2.05. The van der Waals surface area contributed by atoms with Gasteiger partial charge in [-0.3, -0.25) is 4.68 Å². The molecular weight excluding hydrogens is 210 g/mol. The van der Waals surface area contributed by atoms with Crippen LogP contribution in [0.3, 0.4) is 0 Å². The van der Waals surface area contributed by atoms with Crippen molar-refractivity contribution in [3.05, 3.63) is 53.9 Å². The average molecular weight is 229 g/mol. The van der Waals surface area contributed by atoms with Crippen molar-refractivity contribution in [2.24, 2.45) is 0 Å². The third kappa shape index (κ3) is 2.94. The number of hydrogen-bond donors (Lipinski definition) is 1. The monoisotopic (exact) mass is 229 g/mol. The maximum atomic E-state index is 4.26. The van der Waals surface area contributed by atoms with Crippen LogP contribution in [-0.4, -0.2) is 9.78 Å². The first kappa shape index (κ1) is 11.9. The third-order valence-corrected chi connectivity index (χ3v) is 2.99. The van der Waals surface area contributed by atoms with Crippen LogP contribution in [0.15, 0.2) is 42.6 Å². The Labute approximate surface area is 102 Å². The van der Waals surface area contributed by atoms with E-state index in [0.717, 1.165) is 13.1 Å². The van der Waals surface area contributed by atoms with Gasteiger partial charge in [0.1, 0.15) is 0 Å². The van der Waals surface area contributed by atoms with Crippen LogP contribution >= 0.6 is 0 Å². The maximum Gasteiger partial charge on any atom is 0.0522 e. The number of rotatable bonds is 5. The fourth-order valence-electron chi connectivity index (χ4n) is 1.91. The molecule has 1 atom stereocenters. The van der Waals surface area contributed by atoms with E-state index in [2.05, 4.69) is 54.6 Å². The maximum absolute atomic E-state index is 4.26. The van der Waals surface area contributed by atoms with Crippen molar-refractivity contribution in [2.75, 3.05) is 0 Å². The largest absolute Gasteiger partial charge is 0.305 e. The van der Waals surface area contributed by atoms with Crippen LogP contribution < -0.4 is 5.32 Å². The molecule has 0 aliphatic heterocycles. The van der Waals surface area contributed by atoms with Crippen molar-refractivity contribution in [3.8, 4) is 0 Å². The van der Waals surface area contributed by atoms with Crippen molar-refractivity contribution < 1.29 is 0 Å². The van der Waals surface area contributed by atoms with Gasteiger partial charge in [-0.1, -0.05) is 30.3 Å². The molecule has 0 unspecified atom stereocenters. The van der Waals surface area contributed by atoms with Crippen LogP contribution in [0.4, 0.5) is 0 Å². The lowest BCUT2D eigenvalue weighted by Gasteiger charge is -2.14. The molecule has 0 spiro atoms. The summed E-state index contributed by atoms with van der Waals surface area (Å²) in [6, 6.07) is 12.9.